The van der Waals surface area contributed by atoms with Gasteiger partial charge in [-0.2, -0.15) is 5.10 Å². The van der Waals surface area contributed by atoms with Gasteiger partial charge in [-0.1, -0.05) is 0 Å². The summed E-state index contributed by atoms with van der Waals surface area (Å²) in [6.07, 6.45) is 1.73. The molecule has 0 fully saturated rings. The molecule has 2 aromatic rings. The predicted octanol–water partition coefficient (Wildman–Crippen LogP) is 2.55. The van der Waals surface area contributed by atoms with Crippen LogP contribution in [0.4, 0.5) is 11.4 Å². The molecule has 2 N–H and O–H groups in total. The van der Waals surface area contributed by atoms with E-state index in [-0.39, 0.29) is 0 Å². The Bertz CT molecular complexity index is 632. The molecule has 0 saturated heterocycles. The van der Waals surface area contributed by atoms with Gasteiger partial charge in [0.25, 0.3) is 0 Å². The Labute approximate surface area is 129 Å². The smallest absolute Gasteiger partial charge is 0.175 e. The maximum atomic E-state index is 5.31. The molecule has 0 bridgehead atoms. The number of nitrogens with zero attached hydrogens (tertiary/aromatic N) is 2. The zero-order valence-electron chi connectivity index (χ0n) is 12.4. The van der Waals surface area contributed by atoms with Crippen LogP contribution in [-0.2, 0) is 7.05 Å². The van der Waals surface area contributed by atoms with E-state index < -0.39 is 0 Å². The zero-order chi connectivity index (χ0) is 15.4. The van der Waals surface area contributed by atoms with Gasteiger partial charge in [0, 0.05) is 30.9 Å². The first-order chi connectivity index (χ1) is 10.0. The monoisotopic (exact) mass is 306 g/mol. The van der Waals surface area contributed by atoms with Gasteiger partial charge in [0.05, 0.1) is 31.8 Å². The second-order valence-electron chi connectivity index (χ2n) is 4.45. The minimum absolute atomic E-state index is 0.474. The lowest BCUT2D eigenvalue weighted by Gasteiger charge is -2.12. The Morgan fingerprint density at radius 2 is 1.76 bits per heavy atom. The Balaban J connectivity index is 2.10. The summed E-state index contributed by atoms with van der Waals surface area (Å²) >= 11 is 5.31. The quantitative estimate of drug-likeness (QED) is 0.847. The van der Waals surface area contributed by atoms with Gasteiger partial charge in [0.1, 0.15) is 11.5 Å². The first kappa shape index (κ1) is 15.1. The summed E-state index contributed by atoms with van der Waals surface area (Å²) in [6.45, 7) is 1.96. The van der Waals surface area contributed by atoms with Crippen LogP contribution in [0.1, 0.15) is 5.69 Å². The van der Waals surface area contributed by atoms with Crippen molar-refractivity contribution in [2.45, 2.75) is 6.92 Å². The Morgan fingerprint density at radius 3 is 2.24 bits per heavy atom. The molecule has 0 unspecified atom stereocenters. The number of benzene rings is 1. The van der Waals surface area contributed by atoms with Crippen LogP contribution < -0.4 is 20.1 Å². The van der Waals surface area contributed by atoms with Gasteiger partial charge in [-0.3, -0.25) is 4.68 Å². The highest BCUT2D eigenvalue weighted by molar-refractivity contribution is 7.80. The van der Waals surface area contributed by atoms with E-state index in [1.165, 1.54) is 0 Å². The molecule has 1 aromatic carbocycles. The minimum atomic E-state index is 0.474. The van der Waals surface area contributed by atoms with Crippen molar-refractivity contribution in [2.75, 3.05) is 24.9 Å². The number of methoxy groups -OCH3 is 2. The van der Waals surface area contributed by atoms with E-state index in [1.807, 2.05) is 26.1 Å². The molecule has 112 valence electrons. The van der Waals surface area contributed by atoms with E-state index in [0.717, 1.165) is 17.1 Å². The topological polar surface area (TPSA) is 60.3 Å². The lowest BCUT2D eigenvalue weighted by Crippen LogP contribution is -2.19. The van der Waals surface area contributed by atoms with E-state index >= 15 is 0 Å². The second-order valence-corrected chi connectivity index (χ2v) is 4.86. The molecule has 7 heteroatoms. The fraction of sp³-hybridized carbons (Fsp3) is 0.286. The summed E-state index contributed by atoms with van der Waals surface area (Å²) in [5, 5.41) is 10.8. The second kappa shape index (κ2) is 6.45. The van der Waals surface area contributed by atoms with Crippen molar-refractivity contribution in [3.05, 3.63) is 30.1 Å². The number of aryl methyl sites for hydroxylation is 1. The van der Waals surface area contributed by atoms with Gasteiger partial charge in [-0.25, -0.2) is 0 Å². The van der Waals surface area contributed by atoms with E-state index in [1.54, 1.807) is 31.2 Å². The number of nitrogens with one attached hydrogen (secondary N) is 2. The third-order valence-electron chi connectivity index (χ3n) is 3.09. The third kappa shape index (κ3) is 3.63. The number of rotatable bonds is 4. The van der Waals surface area contributed by atoms with Gasteiger partial charge in [0.2, 0.25) is 0 Å². The molecule has 2 rings (SSSR count). The molecule has 1 aromatic heterocycles. The number of anilines is 2. The van der Waals surface area contributed by atoms with Crippen molar-refractivity contribution in [1.82, 2.24) is 9.78 Å². The van der Waals surface area contributed by atoms with Crippen LogP contribution in [0.5, 0.6) is 11.5 Å². The van der Waals surface area contributed by atoms with E-state index in [2.05, 4.69) is 15.7 Å². The van der Waals surface area contributed by atoms with E-state index in [9.17, 15) is 0 Å². The first-order valence-corrected chi connectivity index (χ1v) is 6.74. The van der Waals surface area contributed by atoms with Crippen molar-refractivity contribution < 1.29 is 9.47 Å². The van der Waals surface area contributed by atoms with Crippen LogP contribution in [0.25, 0.3) is 0 Å². The maximum Gasteiger partial charge on any atom is 0.175 e. The fourth-order valence-electron chi connectivity index (χ4n) is 1.79. The molecule has 0 spiro atoms. The molecular formula is C14H18N4O2S. The molecule has 0 aliphatic rings. The van der Waals surface area contributed by atoms with Crippen LogP contribution in [0, 0.1) is 6.92 Å². The number of ether oxygens (including phenoxy) is 2. The molecule has 1 heterocycles. The SMILES string of the molecule is COc1cc(NC(=S)Nc2cnn(C)c2C)cc(OC)c1. The summed E-state index contributed by atoms with van der Waals surface area (Å²) in [5.41, 5.74) is 2.65. The summed E-state index contributed by atoms with van der Waals surface area (Å²) < 4.78 is 12.2. The minimum Gasteiger partial charge on any atom is -0.497 e. The Kier molecular flexibility index (Phi) is 4.64. The standard InChI is InChI=1S/C14H18N4O2S/c1-9-13(8-15-18(9)2)17-14(21)16-10-5-11(19-3)7-12(6-10)20-4/h5-8H,1-4H3,(H2,16,17,21). The molecule has 0 atom stereocenters. The number of aromatic nitrogens is 2. The molecule has 0 aliphatic heterocycles. The number of hydrogen-bond donors (Lipinski definition) is 2. The van der Waals surface area contributed by atoms with Gasteiger partial charge in [-0.15, -0.1) is 0 Å². The van der Waals surface area contributed by atoms with Crippen molar-refractivity contribution in [3.8, 4) is 11.5 Å². The van der Waals surface area contributed by atoms with Crippen LogP contribution >= 0.6 is 12.2 Å². The van der Waals surface area contributed by atoms with Crippen molar-refractivity contribution in [2.24, 2.45) is 7.05 Å². The van der Waals surface area contributed by atoms with Gasteiger partial charge < -0.3 is 20.1 Å². The Morgan fingerprint density at radius 1 is 1.14 bits per heavy atom. The van der Waals surface area contributed by atoms with Crippen LogP contribution in [0.3, 0.4) is 0 Å². The first-order valence-electron chi connectivity index (χ1n) is 6.33. The van der Waals surface area contributed by atoms with Crippen molar-refractivity contribution >= 4 is 28.7 Å². The molecule has 0 radical (unpaired) electrons. The average molecular weight is 306 g/mol. The van der Waals surface area contributed by atoms with Crippen molar-refractivity contribution in [3.63, 3.8) is 0 Å². The highest BCUT2D eigenvalue weighted by Crippen LogP contribution is 2.26. The fourth-order valence-corrected chi connectivity index (χ4v) is 2.01. The van der Waals surface area contributed by atoms with Crippen LogP contribution in [-0.4, -0.2) is 29.1 Å². The highest BCUT2D eigenvalue weighted by atomic mass is 32.1. The molecule has 0 saturated carbocycles. The predicted molar refractivity (Wildman–Crippen MR) is 87.3 cm³/mol. The number of thiocarbonyl (C=S) groups is 1. The molecule has 6 nitrogen and oxygen atoms in total. The van der Waals surface area contributed by atoms with E-state index in [0.29, 0.717) is 16.6 Å². The summed E-state index contributed by atoms with van der Waals surface area (Å²) in [7, 11) is 5.09. The third-order valence-corrected chi connectivity index (χ3v) is 3.30. The molecular weight excluding hydrogens is 288 g/mol. The summed E-state index contributed by atoms with van der Waals surface area (Å²) in [6, 6.07) is 5.48. The largest absolute Gasteiger partial charge is 0.497 e. The maximum absolute atomic E-state index is 5.31. The molecule has 21 heavy (non-hydrogen) atoms. The van der Waals surface area contributed by atoms with Crippen molar-refractivity contribution in [1.29, 1.82) is 0 Å². The normalized spacial score (nSPS) is 10.1. The molecule has 0 amide bonds. The summed E-state index contributed by atoms with van der Waals surface area (Å²) in [5.74, 6) is 1.38. The highest BCUT2D eigenvalue weighted by Gasteiger charge is 2.07. The average Bonchev–Trinajstić information content (AvgIpc) is 2.78. The van der Waals surface area contributed by atoms with E-state index in [4.69, 9.17) is 21.7 Å². The van der Waals surface area contributed by atoms with Gasteiger partial charge >= 0.3 is 0 Å². The van der Waals surface area contributed by atoms with Gasteiger partial charge in [0.15, 0.2) is 5.11 Å². The van der Waals surface area contributed by atoms with Crippen LogP contribution in [0.15, 0.2) is 24.4 Å². The number of hydrogen-bond acceptors (Lipinski definition) is 4. The lowest BCUT2D eigenvalue weighted by molar-refractivity contribution is 0.395. The zero-order valence-corrected chi connectivity index (χ0v) is 13.2. The molecule has 0 aliphatic carbocycles. The van der Waals surface area contributed by atoms with Crippen LogP contribution in [0.2, 0.25) is 0 Å². The van der Waals surface area contributed by atoms with Gasteiger partial charge in [-0.05, 0) is 19.1 Å². The lowest BCUT2D eigenvalue weighted by atomic mass is 10.3. The summed E-state index contributed by atoms with van der Waals surface area (Å²) in [4.78, 5) is 0. The Hall–Kier alpha value is -2.28.